The molecule has 0 atom stereocenters. The van der Waals surface area contributed by atoms with Crippen molar-refractivity contribution in [1.82, 2.24) is 9.78 Å². The number of carbonyl (C=O) groups is 2. The van der Waals surface area contributed by atoms with E-state index in [1.807, 2.05) is 0 Å². The third-order valence-electron chi connectivity index (χ3n) is 2.89. The summed E-state index contributed by atoms with van der Waals surface area (Å²) in [5, 5.41) is 15.6. The number of amides is 1. The van der Waals surface area contributed by atoms with Crippen LogP contribution >= 0.6 is 0 Å². The molecule has 1 amide bonds. The van der Waals surface area contributed by atoms with Crippen LogP contribution in [0.2, 0.25) is 0 Å². The Morgan fingerprint density at radius 2 is 2.14 bits per heavy atom. The van der Waals surface area contributed by atoms with Gasteiger partial charge in [-0.15, -0.1) is 0 Å². The zero-order chi connectivity index (χ0) is 15.4. The normalized spacial score (nSPS) is 10.8. The van der Waals surface area contributed by atoms with Gasteiger partial charge in [-0.05, 0) is 30.7 Å². The van der Waals surface area contributed by atoms with Crippen LogP contribution in [0, 0.1) is 6.92 Å². The predicted molar refractivity (Wildman–Crippen MR) is 79.0 cm³/mol. The minimum absolute atomic E-state index is 0.132. The molecule has 0 spiro atoms. The first-order chi connectivity index (χ1) is 9.95. The average Bonchev–Trinajstić information content (AvgIpc) is 2.84. The van der Waals surface area contributed by atoms with Gasteiger partial charge in [-0.25, -0.2) is 4.79 Å². The molecule has 108 valence electrons. The van der Waals surface area contributed by atoms with Gasteiger partial charge in [0.15, 0.2) is 0 Å². The number of carboxylic acid groups (broad SMARTS) is 1. The lowest BCUT2D eigenvalue weighted by molar-refractivity contribution is -0.111. The highest BCUT2D eigenvalue weighted by molar-refractivity contribution is 6.03. The van der Waals surface area contributed by atoms with Crippen molar-refractivity contribution in [2.75, 3.05) is 5.32 Å². The topological polar surface area (TPSA) is 84.2 Å². The molecule has 0 aliphatic heterocycles. The molecule has 0 aliphatic carbocycles. The summed E-state index contributed by atoms with van der Waals surface area (Å²) in [5.74, 6) is -1.36. The third kappa shape index (κ3) is 3.79. The fourth-order valence-corrected chi connectivity index (χ4v) is 1.76. The number of aromatic nitrogens is 2. The largest absolute Gasteiger partial charge is 0.478 e. The lowest BCUT2D eigenvalue weighted by Gasteiger charge is -2.07. The molecule has 1 aromatic heterocycles. The first kappa shape index (κ1) is 14.5. The Bertz CT molecular complexity index is 717. The molecule has 0 saturated carbocycles. The fourth-order valence-electron chi connectivity index (χ4n) is 1.76. The zero-order valence-corrected chi connectivity index (χ0v) is 11.7. The molecule has 6 heteroatoms. The van der Waals surface area contributed by atoms with Gasteiger partial charge in [0.05, 0.1) is 11.8 Å². The van der Waals surface area contributed by atoms with Crippen molar-refractivity contribution < 1.29 is 14.7 Å². The van der Waals surface area contributed by atoms with Crippen LogP contribution < -0.4 is 5.32 Å². The second-order valence-electron chi connectivity index (χ2n) is 4.60. The van der Waals surface area contributed by atoms with Crippen molar-refractivity contribution in [3.63, 3.8) is 0 Å². The molecule has 0 fully saturated rings. The number of nitrogens with one attached hydrogen (secondary N) is 1. The molecule has 1 heterocycles. The van der Waals surface area contributed by atoms with Gasteiger partial charge in [0.25, 0.3) is 0 Å². The maximum absolute atomic E-state index is 11.9. The summed E-state index contributed by atoms with van der Waals surface area (Å²) in [4.78, 5) is 22.8. The number of hydrogen-bond donors (Lipinski definition) is 2. The second kappa shape index (κ2) is 6.04. The Labute approximate surface area is 121 Å². The summed E-state index contributed by atoms with van der Waals surface area (Å²) < 4.78 is 1.64. The van der Waals surface area contributed by atoms with Crippen molar-refractivity contribution in [1.29, 1.82) is 0 Å². The number of hydrogen-bond acceptors (Lipinski definition) is 3. The highest BCUT2D eigenvalue weighted by atomic mass is 16.4. The Morgan fingerprint density at radius 1 is 1.38 bits per heavy atom. The quantitative estimate of drug-likeness (QED) is 0.842. The molecule has 2 N–H and O–H groups in total. The molecule has 21 heavy (non-hydrogen) atoms. The Kier molecular flexibility index (Phi) is 4.18. The molecule has 6 nitrogen and oxygen atoms in total. The van der Waals surface area contributed by atoms with Crippen molar-refractivity contribution in [3.05, 3.63) is 53.4 Å². The number of aryl methyl sites for hydroxylation is 2. The minimum atomic E-state index is -1.03. The summed E-state index contributed by atoms with van der Waals surface area (Å²) in [7, 11) is 1.79. The zero-order valence-electron chi connectivity index (χ0n) is 11.7. The molecular weight excluding hydrogens is 270 g/mol. The van der Waals surface area contributed by atoms with Gasteiger partial charge in [-0.2, -0.15) is 5.10 Å². The Hall–Kier alpha value is -2.89. The number of anilines is 1. The number of carboxylic acids is 1. The molecule has 0 unspecified atom stereocenters. The maximum Gasteiger partial charge on any atom is 0.335 e. The van der Waals surface area contributed by atoms with E-state index in [0.717, 1.165) is 11.1 Å². The first-order valence-electron chi connectivity index (χ1n) is 6.27. The predicted octanol–water partition coefficient (Wildman–Crippen LogP) is 2.08. The van der Waals surface area contributed by atoms with Gasteiger partial charge < -0.3 is 10.4 Å². The number of aromatic carboxylic acids is 1. The van der Waals surface area contributed by atoms with Gasteiger partial charge in [-0.3, -0.25) is 9.48 Å². The van der Waals surface area contributed by atoms with Crippen LogP contribution in [-0.4, -0.2) is 26.8 Å². The molecule has 2 rings (SSSR count). The van der Waals surface area contributed by atoms with Gasteiger partial charge in [0.1, 0.15) is 0 Å². The maximum atomic E-state index is 11.9. The van der Waals surface area contributed by atoms with Gasteiger partial charge in [0.2, 0.25) is 5.91 Å². The van der Waals surface area contributed by atoms with Crippen LogP contribution in [-0.2, 0) is 11.8 Å². The molecule has 0 radical (unpaired) electrons. The van der Waals surface area contributed by atoms with Crippen LogP contribution in [0.15, 0.2) is 36.7 Å². The molecule has 0 bridgehead atoms. The fraction of sp³-hybridized carbons (Fsp3) is 0.133. The summed E-state index contributed by atoms with van der Waals surface area (Å²) in [6.07, 6.45) is 6.43. The van der Waals surface area contributed by atoms with E-state index >= 15 is 0 Å². The smallest absolute Gasteiger partial charge is 0.335 e. The van der Waals surface area contributed by atoms with Crippen LogP contribution in [0.3, 0.4) is 0 Å². The van der Waals surface area contributed by atoms with Crippen LogP contribution in [0.4, 0.5) is 5.69 Å². The van der Waals surface area contributed by atoms with Crippen molar-refractivity contribution >= 4 is 23.6 Å². The highest BCUT2D eigenvalue weighted by Crippen LogP contribution is 2.17. The van der Waals surface area contributed by atoms with Crippen molar-refractivity contribution in [2.24, 2.45) is 7.05 Å². The van der Waals surface area contributed by atoms with Crippen LogP contribution in [0.25, 0.3) is 6.08 Å². The molecule has 0 aliphatic rings. The van der Waals surface area contributed by atoms with E-state index in [9.17, 15) is 9.59 Å². The Balaban J connectivity index is 2.10. The SMILES string of the molecule is Cc1ccc(C(=O)O)cc1NC(=O)/C=C/c1cnn(C)c1. The summed E-state index contributed by atoms with van der Waals surface area (Å²) in [6, 6.07) is 4.59. The van der Waals surface area contributed by atoms with E-state index in [1.165, 1.54) is 18.2 Å². The van der Waals surface area contributed by atoms with E-state index in [1.54, 1.807) is 43.2 Å². The van der Waals surface area contributed by atoms with Gasteiger partial charge >= 0.3 is 5.97 Å². The lowest BCUT2D eigenvalue weighted by atomic mass is 10.1. The van der Waals surface area contributed by atoms with E-state index in [4.69, 9.17) is 5.11 Å². The Morgan fingerprint density at radius 3 is 2.76 bits per heavy atom. The number of rotatable bonds is 4. The van der Waals surface area contributed by atoms with Gasteiger partial charge in [0, 0.05) is 30.6 Å². The van der Waals surface area contributed by atoms with Crippen molar-refractivity contribution in [2.45, 2.75) is 6.92 Å². The standard InChI is InChI=1S/C15H15N3O3/c1-10-3-5-12(15(20)21)7-13(10)17-14(19)6-4-11-8-16-18(2)9-11/h3-9H,1-2H3,(H,17,19)(H,20,21)/b6-4+. The minimum Gasteiger partial charge on any atom is -0.478 e. The van der Waals surface area contributed by atoms with Crippen LogP contribution in [0.5, 0.6) is 0 Å². The molecule has 1 aromatic carbocycles. The lowest BCUT2D eigenvalue weighted by Crippen LogP contribution is -2.10. The van der Waals surface area contributed by atoms with E-state index in [-0.39, 0.29) is 11.5 Å². The van der Waals surface area contributed by atoms with Crippen molar-refractivity contribution in [3.8, 4) is 0 Å². The monoisotopic (exact) mass is 285 g/mol. The number of nitrogens with zero attached hydrogens (tertiary/aromatic N) is 2. The second-order valence-corrected chi connectivity index (χ2v) is 4.60. The summed E-state index contributed by atoms with van der Waals surface area (Å²) >= 11 is 0. The highest BCUT2D eigenvalue weighted by Gasteiger charge is 2.07. The average molecular weight is 285 g/mol. The van der Waals surface area contributed by atoms with E-state index in [2.05, 4.69) is 10.4 Å². The van der Waals surface area contributed by atoms with E-state index < -0.39 is 5.97 Å². The van der Waals surface area contributed by atoms with Crippen LogP contribution in [0.1, 0.15) is 21.5 Å². The molecular formula is C15H15N3O3. The van der Waals surface area contributed by atoms with E-state index in [0.29, 0.717) is 5.69 Å². The van der Waals surface area contributed by atoms with Gasteiger partial charge in [-0.1, -0.05) is 6.07 Å². The number of carbonyl (C=O) groups excluding carboxylic acids is 1. The number of benzene rings is 1. The first-order valence-corrected chi connectivity index (χ1v) is 6.27. The molecule has 0 saturated heterocycles. The molecule has 2 aromatic rings. The summed E-state index contributed by atoms with van der Waals surface area (Å²) in [6.45, 7) is 1.80. The summed E-state index contributed by atoms with van der Waals surface area (Å²) in [5.41, 5.74) is 2.22. The third-order valence-corrected chi connectivity index (χ3v) is 2.89.